The minimum Gasteiger partial charge on any atom is -0.355 e. The minimum absolute atomic E-state index is 0.0836. The number of nitrogens with zero attached hydrogens (tertiary/aromatic N) is 3. The normalized spacial score (nSPS) is 19.3. The number of pyridine rings is 1. The molecule has 5 nitrogen and oxygen atoms in total. The van der Waals surface area contributed by atoms with Gasteiger partial charge in [-0.2, -0.15) is 0 Å². The van der Waals surface area contributed by atoms with Crippen LogP contribution in [0.4, 0.5) is 5.13 Å². The fourth-order valence-electron chi connectivity index (χ4n) is 5.05. The van der Waals surface area contributed by atoms with E-state index in [0.717, 1.165) is 56.0 Å². The summed E-state index contributed by atoms with van der Waals surface area (Å²) in [6.07, 6.45) is 10.3. The second-order valence-electron chi connectivity index (χ2n) is 8.67. The second-order valence-corrected chi connectivity index (χ2v) is 9.68. The number of amides is 1. The monoisotopic (exact) mass is 420 g/mol. The summed E-state index contributed by atoms with van der Waals surface area (Å²) in [4.78, 5) is 24.2. The van der Waals surface area contributed by atoms with Crippen LogP contribution in [-0.4, -0.2) is 35.5 Å². The zero-order valence-electron chi connectivity index (χ0n) is 17.2. The zero-order chi connectivity index (χ0) is 20.4. The van der Waals surface area contributed by atoms with Gasteiger partial charge in [-0.1, -0.05) is 36.3 Å². The van der Waals surface area contributed by atoms with Gasteiger partial charge in [0.2, 0.25) is 5.91 Å². The number of rotatable bonds is 5. The van der Waals surface area contributed by atoms with Crippen LogP contribution in [0.1, 0.15) is 44.1 Å². The number of benzene rings is 1. The third-order valence-corrected chi connectivity index (χ3v) is 7.97. The van der Waals surface area contributed by atoms with Crippen LogP contribution in [0.15, 0.2) is 48.8 Å². The van der Waals surface area contributed by atoms with Crippen LogP contribution >= 0.6 is 11.3 Å². The molecule has 1 aromatic carbocycles. The number of para-hydroxylation sites is 1. The van der Waals surface area contributed by atoms with Gasteiger partial charge in [0.25, 0.3) is 0 Å². The first-order valence-electron chi connectivity index (χ1n) is 11.0. The van der Waals surface area contributed by atoms with Crippen LogP contribution in [-0.2, 0) is 10.2 Å². The average Bonchev–Trinajstić information content (AvgIpc) is 3.46. The van der Waals surface area contributed by atoms with Crippen molar-refractivity contribution >= 4 is 32.6 Å². The maximum absolute atomic E-state index is 13.0. The van der Waals surface area contributed by atoms with Gasteiger partial charge >= 0.3 is 0 Å². The summed E-state index contributed by atoms with van der Waals surface area (Å²) in [7, 11) is 0. The van der Waals surface area contributed by atoms with Crippen LogP contribution in [0.25, 0.3) is 10.2 Å². The number of anilines is 1. The maximum atomic E-state index is 13.0. The fraction of sp³-hybridized carbons (Fsp3) is 0.458. The summed E-state index contributed by atoms with van der Waals surface area (Å²) in [5, 5.41) is 4.40. The first-order valence-corrected chi connectivity index (χ1v) is 11.8. The minimum atomic E-state index is 0.0836. The lowest BCUT2D eigenvalue weighted by Crippen LogP contribution is -2.44. The summed E-state index contributed by atoms with van der Waals surface area (Å²) in [5.74, 6) is 0.325. The Hall–Kier alpha value is -2.47. The van der Waals surface area contributed by atoms with E-state index in [9.17, 15) is 4.79 Å². The van der Waals surface area contributed by atoms with Crippen molar-refractivity contribution in [2.75, 3.05) is 24.5 Å². The van der Waals surface area contributed by atoms with E-state index in [4.69, 9.17) is 4.98 Å². The van der Waals surface area contributed by atoms with Crippen molar-refractivity contribution in [3.63, 3.8) is 0 Å². The molecule has 2 aliphatic rings. The highest BCUT2D eigenvalue weighted by Crippen LogP contribution is 2.40. The third-order valence-electron chi connectivity index (χ3n) is 6.87. The van der Waals surface area contributed by atoms with Gasteiger partial charge in [0.15, 0.2) is 5.13 Å². The molecule has 0 unspecified atom stereocenters. The lowest BCUT2D eigenvalue weighted by Gasteiger charge is -2.33. The molecular formula is C24H28N4OS. The highest BCUT2D eigenvalue weighted by molar-refractivity contribution is 7.22. The Kier molecular flexibility index (Phi) is 5.42. The quantitative estimate of drug-likeness (QED) is 0.659. The highest BCUT2D eigenvalue weighted by atomic mass is 32.1. The molecule has 3 heterocycles. The molecule has 30 heavy (non-hydrogen) atoms. The van der Waals surface area contributed by atoms with E-state index < -0.39 is 0 Å². The molecule has 156 valence electrons. The van der Waals surface area contributed by atoms with Crippen molar-refractivity contribution in [2.24, 2.45) is 5.92 Å². The number of aromatic nitrogens is 2. The largest absolute Gasteiger partial charge is 0.355 e. The van der Waals surface area contributed by atoms with Gasteiger partial charge in [0.05, 0.1) is 10.2 Å². The Balaban J connectivity index is 1.19. The zero-order valence-corrected chi connectivity index (χ0v) is 18.0. The molecule has 3 aromatic rings. The van der Waals surface area contributed by atoms with Gasteiger partial charge in [0, 0.05) is 43.4 Å². The SMILES string of the molecule is O=C(NCC1(c2ccncc2)CCCC1)C1CCN(c2nc3ccccc3s2)CC1. The molecule has 6 heteroatoms. The third kappa shape index (κ3) is 3.81. The topological polar surface area (TPSA) is 58.1 Å². The molecule has 0 radical (unpaired) electrons. The lowest BCUT2D eigenvalue weighted by molar-refractivity contribution is -0.125. The maximum Gasteiger partial charge on any atom is 0.223 e. The Morgan fingerprint density at radius 3 is 2.57 bits per heavy atom. The molecular weight excluding hydrogens is 392 g/mol. The van der Waals surface area contributed by atoms with Gasteiger partial charge in [-0.3, -0.25) is 9.78 Å². The van der Waals surface area contributed by atoms with Crippen LogP contribution < -0.4 is 10.2 Å². The number of nitrogens with one attached hydrogen (secondary N) is 1. The Morgan fingerprint density at radius 1 is 1.10 bits per heavy atom. The predicted octanol–water partition coefficient (Wildman–Crippen LogP) is 4.54. The highest BCUT2D eigenvalue weighted by Gasteiger charge is 2.36. The molecule has 0 spiro atoms. The molecule has 1 aliphatic carbocycles. The number of fused-ring (bicyclic) bond motifs is 1. The summed E-state index contributed by atoms with van der Waals surface area (Å²) < 4.78 is 1.23. The molecule has 0 bridgehead atoms. The molecule has 1 saturated heterocycles. The van der Waals surface area contributed by atoms with Crippen molar-refractivity contribution in [3.05, 3.63) is 54.4 Å². The summed E-state index contributed by atoms with van der Waals surface area (Å²) in [6, 6.07) is 12.5. The first-order chi connectivity index (χ1) is 14.7. The molecule has 1 N–H and O–H groups in total. The van der Waals surface area contributed by atoms with Gasteiger partial charge in [-0.05, 0) is 55.5 Å². The van der Waals surface area contributed by atoms with Gasteiger partial charge < -0.3 is 10.2 Å². The second kappa shape index (κ2) is 8.34. The summed E-state index contributed by atoms with van der Waals surface area (Å²) >= 11 is 1.75. The number of carbonyl (C=O) groups excluding carboxylic acids is 1. The van der Waals surface area contributed by atoms with Crippen molar-refractivity contribution in [3.8, 4) is 0 Å². The molecule has 5 rings (SSSR count). The number of carbonyl (C=O) groups is 1. The van der Waals surface area contributed by atoms with Crippen molar-refractivity contribution in [1.29, 1.82) is 0 Å². The van der Waals surface area contributed by atoms with E-state index in [2.05, 4.69) is 45.5 Å². The predicted molar refractivity (Wildman–Crippen MR) is 122 cm³/mol. The Morgan fingerprint density at radius 2 is 1.83 bits per heavy atom. The van der Waals surface area contributed by atoms with Crippen molar-refractivity contribution < 1.29 is 4.79 Å². The van der Waals surface area contributed by atoms with Crippen molar-refractivity contribution in [2.45, 2.75) is 43.9 Å². The lowest BCUT2D eigenvalue weighted by atomic mass is 9.79. The molecule has 2 aromatic heterocycles. The average molecular weight is 421 g/mol. The smallest absolute Gasteiger partial charge is 0.223 e. The van der Waals surface area contributed by atoms with E-state index in [1.165, 1.54) is 23.1 Å². The summed E-state index contributed by atoms with van der Waals surface area (Å²) in [6.45, 7) is 2.54. The molecule has 1 amide bonds. The van der Waals surface area contributed by atoms with E-state index in [1.807, 2.05) is 18.5 Å². The number of hydrogen-bond acceptors (Lipinski definition) is 5. The Labute approximate surface area is 181 Å². The number of piperidine rings is 1. The van der Waals surface area contributed by atoms with E-state index in [1.54, 1.807) is 11.3 Å². The van der Waals surface area contributed by atoms with E-state index >= 15 is 0 Å². The molecule has 2 fully saturated rings. The fourth-order valence-corrected chi connectivity index (χ4v) is 6.07. The standard InChI is InChI=1S/C24H28N4OS/c29-22(26-17-24(11-3-4-12-24)19-7-13-25-14-8-19)18-9-15-28(16-10-18)23-27-20-5-1-2-6-21(20)30-23/h1-2,5-8,13-14,18H,3-4,9-12,15-17H2,(H,26,29). The Bertz CT molecular complexity index is 971. The van der Waals surface area contributed by atoms with Crippen LogP contribution in [0, 0.1) is 5.92 Å². The molecule has 1 aliphatic heterocycles. The van der Waals surface area contributed by atoms with Crippen molar-refractivity contribution in [1.82, 2.24) is 15.3 Å². The van der Waals surface area contributed by atoms with Crippen LogP contribution in [0.5, 0.6) is 0 Å². The molecule has 0 atom stereocenters. The van der Waals surface area contributed by atoms with E-state index in [0.29, 0.717) is 0 Å². The molecule has 1 saturated carbocycles. The first kappa shape index (κ1) is 19.5. The van der Waals surface area contributed by atoms with Crippen LogP contribution in [0.2, 0.25) is 0 Å². The van der Waals surface area contributed by atoms with Crippen LogP contribution in [0.3, 0.4) is 0 Å². The van der Waals surface area contributed by atoms with E-state index in [-0.39, 0.29) is 17.2 Å². The number of hydrogen-bond donors (Lipinski definition) is 1. The number of thiazole rings is 1. The summed E-state index contributed by atoms with van der Waals surface area (Å²) in [5.41, 5.74) is 2.47. The van der Waals surface area contributed by atoms with Gasteiger partial charge in [-0.25, -0.2) is 4.98 Å². The van der Waals surface area contributed by atoms with Gasteiger partial charge in [-0.15, -0.1) is 0 Å². The van der Waals surface area contributed by atoms with Gasteiger partial charge in [0.1, 0.15) is 0 Å².